The molecular weight excluding hydrogens is 294 g/mol. The molecule has 1 aromatic carbocycles. The summed E-state index contributed by atoms with van der Waals surface area (Å²) >= 11 is 6.00. The van der Waals surface area contributed by atoms with E-state index in [1.165, 1.54) is 0 Å². The molecule has 21 heavy (non-hydrogen) atoms. The van der Waals surface area contributed by atoms with E-state index in [9.17, 15) is 9.59 Å². The van der Waals surface area contributed by atoms with Crippen molar-refractivity contribution in [2.45, 2.75) is 13.0 Å². The monoisotopic (exact) mass is 311 g/mol. The Morgan fingerprint density at radius 1 is 1.38 bits per heavy atom. The molecule has 2 amide bonds. The molecule has 1 aromatic rings. The molecular formula is C14H18ClN3O3. The number of rotatable bonds is 3. The molecule has 0 spiro atoms. The van der Waals surface area contributed by atoms with E-state index in [-0.39, 0.29) is 16.5 Å². The summed E-state index contributed by atoms with van der Waals surface area (Å²) in [5.41, 5.74) is 6.26. The van der Waals surface area contributed by atoms with Crippen LogP contribution in [0.1, 0.15) is 17.3 Å². The normalized spacial score (nSPS) is 16.4. The lowest BCUT2D eigenvalue weighted by molar-refractivity contribution is -0.136. The van der Waals surface area contributed by atoms with Crippen LogP contribution < -0.4 is 11.1 Å². The predicted molar refractivity (Wildman–Crippen MR) is 80.2 cm³/mol. The van der Waals surface area contributed by atoms with Gasteiger partial charge in [-0.15, -0.1) is 0 Å². The first-order valence-electron chi connectivity index (χ1n) is 6.72. The summed E-state index contributed by atoms with van der Waals surface area (Å²) in [7, 11) is 0. The fraction of sp³-hybridized carbons (Fsp3) is 0.429. The average molecular weight is 312 g/mol. The topological polar surface area (TPSA) is 84.7 Å². The van der Waals surface area contributed by atoms with Crippen molar-refractivity contribution in [3.05, 3.63) is 28.8 Å². The third-order valence-corrected chi connectivity index (χ3v) is 3.74. The standard InChI is InChI=1S/C14H18ClN3O3/c1-9(14(20)18-5-7-21-8-6-18)17-13(19)10-3-2-4-11(16)12(10)15/h2-4,9H,5-8,16H2,1H3,(H,17,19). The summed E-state index contributed by atoms with van der Waals surface area (Å²) in [5, 5.41) is 2.85. The van der Waals surface area contributed by atoms with E-state index in [0.29, 0.717) is 32.0 Å². The molecule has 1 atom stereocenters. The molecule has 1 fully saturated rings. The van der Waals surface area contributed by atoms with E-state index in [1.807, 2.05) is 0 Å². The molecule has 0 aromatic heterocycles. The highest BCUT2D eigenvalue weighted by molar-refractivity contribution is 6.36. The highest BCUT2D eigenvalue weighted by atomic mass is 35.5. The van der Waals surface area contributed by atoms with Gasteiger partial charge in [0.15, 0.2) is 0 Å². The van der Waals surface area contributed by atoms with Gasteiger partial charge in [-0.2, -0.15) is 0 Å². The van der Waals surface area contributed by atoms with Crippen molar-refractivity contribution in [2.75, 3.05) is 32.0 Å². The molecule has 1 heterocycles. The summed E-state index contributed by atoms with van der Waals surface area (Å²) in [4.78, 5) is 26.1. The number of hydrogen-bond donors (Lipinski definition) is 2. The fourth-order valence-corrected chi connectivity index (χ4v) is 2.33. The number of halogens is 1. The first-order valence-corrected chi connectivity index (χ1v) is 7.10. The summed E-state index contributed by atoms with van der Waals surface area (Å²) < 4.78 is 5.20. The summed E-state index contributed by atoms with van der Waals surface area (Å²) in [6.07, 6.45) is 0. The maximum absolute atomic E-state index is 12.2. The second-order valence-electron chi connectivity index (χ2n) is 4.84. The Morgan fingerprint density at radius 2 is 2.05 bits per heavy atom. The fourth-order valence-electron chi connectivity index (χ4n) is 2.12. The Balaban J connectivity index is 2.01. The second kappa shape index (κ2) is 6.78. The zero-order chi connectivity index (χ0) is 15.4. The van der Waals surface area contributed by atoms with Crippen molar-refractivity contribution in [1.29, 1.82) is 0 Å². The summed E-state index contributed by atoms with van der Waals surface area (Å²) in [6, 6.07) is 4.19. The molecule has 3 N–H and O–H groups in total. The van der Waals surface area contributed by atoms with Crippen LogP contribution in [0.25, 0.3) is 0 Å². The van der Waals surface area contributed by atoms with E-state index in [1.54, 1.807) is 30.0 Å². The van der Waals surface area contributed by atoms with Gasteiger partial charge in [0, 0.05) is 13.1 Å². The third kappa shape index (κ3) is 3.65. The van der Waals surface area contributed by atoms with Crippen molar-refractivity contribution in [1.82, 2.24) is 10.2 Å². The first kappa shape index (κ1) is 15.6. The Kier molecular flexibility index (Phi) is 5.03. The van der Waals surface area contributed by atoms with E-state index < -0.39 is 11.9 Å². The van der Waals surface area contributed by atoms with Crippen molar-refractivity contribution in [3.8, 4) is 0 Å². The smallest absolute Gasteiger partial charge is 0.253 e. The molecule has 7 heteroatoms. The quantitative estimate of drug-likeness (QED) is 0.812. The van der Waals surface area contributed by atoms with E-state index in [2.05, 4.69) is 5.32 Å². The number of nitrogens with two attached hydrogens (primary N) is 1. The Morgan fingerprint density at radius 3 is 2.71 bits per heavy atom. The minimum atomic E-state index is -0.631. The van der Waals surface area contributed by atoms with Gasteiger partial charge in [-0.25, -0.2) is 0 Å². The Labute approximate surface area is 128 Å². The number of carbonyl (C=O) groups excluding carboxylic acids is 2. The lowest BCUT2D eigenvalue weighted by atomic mass is 10.1. The molecule has 0 radical (unpaired) electrons. The van der Waals surface area contributed by atoms with Gasteiger partial charge in [-0.1, -0.05) is 17.7 Å². The highest BCUT2D eigenvalue weighted by Gasteiger charge is 2.24. The zero-order valence-corrected chi connectivity index (χ0v) is 12.5. The number of hydrogen-bond acceptors (Lipinski definition) is 4. The number of amides is 2. The lowest BCUT2D eigenvalue weighted by Crippen LogP contribution is -2.50. The number of benzene rings is 1. The van der Waals surface area contributed by atoms with Gasteiger partial charge in [0.05, 0.1) is 29.5 Å². The molecule has 0 bridgehead atoms. The Hall–Kier alpha value is -1.79. The molecule has 6 nitrogen and oxygen atoms in total. The minimum Gasteiger partial charge on any atom is -0.398 e. The van der Waals surface area contributed by atoms with Crippen LogP contribution in [-0.4, -0.2) is 49.1 Å². The van der Waals surface area contributed by atoms with Gasteiger partial charge in [-0.3, -0.25) is 9.59 Å². The average Bonchev–Trinajstić information content (AvgIpc) is 2.50. The number of anilines is 1. The number of morpholine rings is 1. The van der Waals surface area contributed by atoms with Crippen molar-refractivity contribution in [3.63, 3.8) is 0 Å². The number of ether oxygens (including phenoxy) is 1. The minimum absolute atomic E-state index is 0.133. The SMILES string of the molecule is CC(NC(=O)c1cccc(N)c1Cl)C(=O)N1CCOCC1. The molecule has 1 saturated heterocycles. The van der Waals surface area contributed by atoms with Gasteiger partial charge in [0.2, 0.25) is 5.91 Å². The summed E-state index contributed by atoms with van der Waals surface area (Å²) in [6.45, 7) is 3.77. The van der Waals surface area contributed by atoms with Crippen LogP contribution in [0.15, 0.2) is 18.2 Å². The largest absolute Gasteiger partial charge is 0.398 e. The maximum atomic E-state index is 12.2. The molecule has 1 aliphatic rings. The number of carbonyl (C=O) groups is 2. The van der Waals surface area contributed by atoms with Gasteiger partial charge in [0.1, 0.15) is 6.04 Å². The first-order chi connectivity index (χ1) is 10.0. The van der Waals surface area contributed by atoms with Gasteiger partial charge in [0.25, 0.3) is 5.91 Å². The molecule has 2 rings (SSSR count). The van der Waals surface area contributed by atoms with Crippen LogP contribution in [0, 0.1) is 0 Å². The zero-order valence-electron chi connectivity index (χ0n) is 11.8. The van der Waals surface area contributed by atoms with Crippen LogP contribution in [0.4, 0.5) is 5.69 Å². The highest BCUT2D eigenvalue weighted by Crippen LogP contribution is 2.22. The molecule has 114 valence electrons. The molecule has 1 unspecified atom stereocenters. The lowest BCUT2D eigenvalue weighted by Gasteiger charge is -2.29. The van der Waals surface area contributed by atoms with Crippen molar-refractivity contribution < 1.29 is 14.3 Å². The molecule has 1 aliphatic heterocycles. The van der Waals surface area contributed by atoms with Crippen LogP contribution >= 0.6 is 11.6 Å². The predicted octanol–water partition coefficient (Wildman–Crippen LogP) is 0.899. The van der Waals surface area contributed by atoms with Gasteiger partial charge >= 0.3 is 0 Å². The van der Waals surface area contributed by atoms with E-state index >= 15 is 0 Å². The van der Waals surface area contributed by atoms with Crippen LogP contribution in [0.3, 0.4) is 0 Å². The van der Waals surface area contributed by atoms with Crippen molar-refractivity contribution >= 4 is 29.1 Å². The Bertz CT molecular complexity index is 544. The number of nitrogen functional groups attached to an aromatic ring is 1. The van der Waals surface area contributed by atoms with Crippen LogP contribution in [0.5, 0.6) is 0 Å². The van der Waals surface area contributed by atoms with Gasteiger partial charge in [-0.05, 0) is 19.1 Å². The van der Waals surface area contributed by atoms with Gasteiger partial charge < -0.3 is 20.7 Å². The molecule has 0 saturated carbocycles. The van der Waals surface area contributed by atoms with Crippen LogP contribution in [-0.2, 0) is 9.53 Å². The molecule has 0 aliphatic carbocycles. The van der Waals surface area contributed by atoms with Crippen molar-refractivity contribution in [2.24, 2.45) is 0 Å². The van der Waals surface area contributed by atoms with E-state index in [0.717, 1.165) is 0 Å². The second-order valence-corrected chi connectivity index (χ2v) is 5.22. The maximum Gasteiger partial charge on any atom is 0.253 e. The number of nitrogens with one attached hydrogen (secondary N) is 1. The number of nitrogens with zero attached hydrogens (tertiary/aromatic N) is 1. The van der Waals surface area contributed by atoms with E-state index in [4.69, 9.17) is 22.1 Å². The summed E-state index contributed by atoms with van der Waals surface area (Å²) in [5.74, 6) is -0.548. The third-order valence-electron chi connectivity index (χ3n) is 3.31. The van der Waals surface area contributed by atoms with Crippen LogP contribution in [0.2, 0.25) is 5.02 Å².